The maximum absolute atomic E-state index is 13.4. The van der Waals surface area contributed by atoms with Gasteiger partial charge in [-0.25, -0.2) is 8.42 Å². The number of sulfonamides is 1. The van der Waals surface area contributed by atoms with E-state index >= 15 is 0 Å². The second-order valence-corrected chi connectivity index (χ2v) is 10.9. The Morgan fingerprint density at radius 2 is 1.71 bits per heavy atom. The van der Waals surface area contributed by atoms with Gasteiger partial charge in [0.1, 0.15) is 0 Å². The fourth-order valence-electron chi connectivity index (χ4n) is 4.56. The van der Waals surface area contributed by atoms with Gasteiger partial charge < -0.3 is 20.0 Å². The summed E-state index contributed by atoms with van der Waals surface area (Å²) in [6.07, 6.45) is 0.924. The van der Waals surface area contributed by atoms with Crippen LogP contribution in [0.4, 0.5) is 11.4 Å². The minimum Gasteiger partial charge on any atom is -0.367 e. The topological polar surface area (TPSA) is 85.0 Å². The molecule has 0 aliphatic carbocycles. The molecule has 0 radical (unpaired) electrons. The van der Waals surface area contributed by atoms with Gasteiger partial charge in [-0.1, -0.05) is 12.1 Å². The first-order chi connectivity index (χ1) is 16.2. The van der Waals surface area contributed by atoms with Crippen molar-refractivity contribution in [3.63, 3.8) is 0 Å². The Kier molecular flexibility index (Phi) is 7.45. The predicted octanol–water partition coefficient (Wildman–Crippen LogP) is 2.29. The van der Waals surface area contributed by atoms with Crippen molar-refractivity contribution in [3.8, 4) is 0 Å². The first-order valence-electron chi connectivity index (χ1n) is 11.9. The molecule has 34 heavy (non-hydrogen) atoms. The van der Waals surface area contributed by atoms with E-state index in [2.05, 4.69) is 26.9 Å². The number of hydrogen-bond acceptors (Lipinski definition) is 6. The maximum Gasteiger partial charge on any atom is 0.262 e. The Labute approximate surface area is 203 Å². The van der Waals surface area contributed by atoms with Gasteiger partial charge in [-0.15, -0.1) is 0 Å². The molecule has 2 aliphatic rings. The first kappa shape index (κ1) is 24.5. The Balaban J connectivity index is 1.69. The molecule has 0 saturated carbocycles. The number of likely N-dealkylation sites (N-methyl/N-ethyl adjacent to an activating group) is 1. The Morgan fingerprint density at radius 3 is 2.47 bits per heavy atom. The van der Waals surface area contributed by atoms with E-state index in [0.717, 1.165) is 56.9 Å². The van der Waals surface area contributed by atoms with Crippen LogP contribution in [-0.2, 0) is 10.0 Å². The Hall–Kier alpha value is -2.62. The number of nitrogens with zero attached hydrogens (tertiary/aromatic N) is 3. The highest BCUT2D eigenvalue weighted by molar-refractivity contribution is 7.92. The highest BCUT2D eigenvalue weighted by Gasteiger charge is 2.24. The lowest BCUT2D eigenvalue weighted by molar-refractivity contribution is 0.0763. The lowest BCUT2D eigenvalue weighted by Gasteiger charge is -2.31. The molecule has 2 fully saturated rings. The summed E-state index contributed by atoms with van der Waals surface area (Å²) in [6, 6.07) is 10.8. The third-order valence-corrected chi connectivity index (χ3v) is 8.09. The summed E-state index contributed by atoms with van der Waals surface area (Å²) in [7, 11) is -1.77. The zero-order valence-corrected chi connectivity index (χ0v) is 21.1. The molecule has 4 rings (SSSR count). The molecule has 0 aromatic heterocycles. The molecule has 0 unspecified atom stereocenters. The molecular weight excluding hydrogens is 450 g/mol. The average molecular weight is 486 g/mol. The van der Waals surface area contributed by atoms with Crippen molar-refractivity contribution < 1.29 is 13.2 Å². The number of carbonyl (C=O) groups excluding carboxylic acids is 1. The van der Waals surface area contributed by atoms with Crippen molar-refractivity contribution in [2.45, 2.75) is 25.2 Å². The van der Waals surface area contributed by atoms with E-state index in [1.165, 1.54) is 0 Å². The molecule has 0 spiro atoms. The van der Waals surface area contributed by atoms with E-state index in [1.54, 1.807) is 19.1 Å². The van der Waals surface area contributed by atoms with Crippen molar-refractivity contribution in [3.05, 3.63) is 53.1 Å². The highest BCUT2D eigenvalue weighted by atomic mass is 32.2. The van der Waals surface area contributed by atoms with E-state index in [0.29, 0.717) is 29.9 Å². The van der Waals surface area contributed by atoms with Gasteiger partial charge >= 0.3 is 0 Å². The fourth-order valence-corrected chi connectivity index (χ4v) is 5.96. The predicted molar refractivity (Wildman–Crippen MR) is 136 cm³/mol. The van der Waals surface area contributed by atoms with Crippen LogP contribution in [0.2, 0.25) is 0 Å². The number of carbonyl (C=O) groups is 1. The quantitative estimate of drug-likeness (QED) is 0.676. The number of hydrogen-bond donors (Lipinski definition) is 2. The number of aryl methyl sites for hydroxylation is 2. The molecule has 2 aromatic carbocycles. The largest absolute Gasteiger partial charge is 0.367 e. The van der Waals surface area contributed by atoms with Gasteiger partial charge in [0.25, 0.3) is 15.9 Å². The standard InChI is InChI=1S/C25H35N5O3S/c1-19-5-6-20(2)24(17-19)34(32,33)27-22-18-21(7-8-23(22)29-13-9-26-10-14-29)25(31)30-12-4-11-28(3)15-16-30/h5-8,17-18,26-27H,4,9-16H2,1-3H3. The van der Waals surface area contributed by atoms with Crippen molar-refractivity contribution in [1.82, 2.24) is 15.1 Å². The number of nitrogens with one attached hydrogen (secondary N) is 2. The van der Waals surface area contributed by atoms with Crippen LogP contribution in [-0.4, -0.2) is 83.5 Å². The third-order valence-electron chi connectivity index (χ3n) is 6.59. The van der Waals surface area contributed by atoms with Crippen molar-refractivity contribution >= 4 is 27.3 Å². The van der Waals surface area contributed by atoms with E-state index in [4.69, 9.17) is 0 Å². The van der Waals surface area contributed by atoms with Gasteiger partial charge in [0.15, 0.2) is 0 Å². The van der Waals surface area contributed by atoms with Crippen LogP contribution >= 0.6 is 0 Å². The summed E-state index contributed by atoms with van der Waals surface area (Å²) in [5.74, 6) is -0.0608. The summed E-state index contributed by atoms with van der Waals surface area (Å²) in [4.78, 5) is 19.8. The number of anilines is 2. The van der Waals surface area contributed by atoms with Gasteiger partial charge in [-0.2, -0.15) is 0 Å². The van der Waals surface area contributed by atoms with E-state index in [-0.39, 0.29) is 10.8 Å². The van der Waals surface area contributed by atoms with E-state index in [1.807, 2.05) is 36.1 Å². The molecule has 0 atom stereocenters. The van der Waals surface area contributed by atoms with Crippen LogP contribution in [0.15, 0.2) is 41.3 Å². The molecule has 8 nitrogen and oxygen atoms in total. The molecule has 2 aromatic rings. The van der Waals surface area contributed by atoms with Gasteiger partial charge in [0, 0.05) is 51.4 Å². The van der Waals surface area contributed by atoms with Gasteiger partial charge in [-0.3, -0.25) is 9.52 Å². The van der Waals surface area contributed by atoms with E-state index < -0.39 is 10.0 Å². The minimum absolute atomic E-state index is 0.0608. The summed E-state index contributed by atoms with van der Waals surface area (Å²) in [5, 5.41) is 3.33. The van der Waals surface area contributed by atoms with Crippen molar-refractivity contribution in [2.75, 3.05) is 69.0 Å². The molecule has 184 valence electrons. The summed E-state index contributed by atoms with van der Waals surface area (Å²) in [5.41, 5.74) is 3.30. The molecule has 2 saturated heterocycles. The van der Waals surface area contributed by atoms with E-state index in [9.17, 15) is 13.2 Å². The number of amides is 1. The van der Waals surface area contributed by atoms with Gasteiger partial charge in [-0.05, 0) is 69.3 Å². The molecule has 9 heteroatoms. The first-order valence-corrected chi connectivity index (χ1v) is 13.4. The molecule has 2 heterocycles. The molecule has 2 N–H and O–H groups in total. The van der Waals surface area contributed by atoms with Gasteiger partial charge in [0.2, 0.25) is 0 Å². The second kappa shape index (κ2) is 10.3. The van der Waals surface area contributed by atoms with Crippen LogP contribution < -0.4 is 14.9 Å². The van der Waals surface area contributed by atoms with Crippen molar-refractivity contribution in [2.24, 2.45) is 0 Å². The van der Waals surface area contributed by atoms with Crippen LogP contribution in [0.3, 0.4) is 0 Å². The van der Waals surface area contributed by atoms with Crippen LogP contribution in [0.1, 0.15) is 27.9 Å². The number of rotatable bonds is 5. The molecule has 1 amide bonds. The molecule has 0 bridgehead atoms. The summed E-state index contributed by atoms with van der Waals surface area (Å²) < 4.78 is 29.7. The minimum atomic E-state index is -3.83. The average Bonchev–Trinajstić information content (AvgIpc) is 3.04. The smallest absolute Gasteiger partial charge is 0.262 e. The fraction of sp³-hybridized carbons (Fsp3) is 0.480. The maximum atomic E-state index is 13.4. The summed E-state index contributed by atoms with van der Waals surface area (Å²) in [6.45, 7) is 10.0. The molecule has 2 aliphatic heterocycles. The number of benzene rings is 2. The molecular formula is C25H35N5O3S. The van der Waals surface area contributed by atoms with Crippen LogP contribution in [0, 0.1) is 13.8 Å². The number of piperazine rings is 1. The Bertz CT molecular complexity index is 1150. The lowest BCUT2D eigenvalue weighted by atomic mass is 10.1. The third kappa shape index (κ3) is 5.54. The zero-order chi connectivity index (χ0) is 24.3. The SMILES string of the molecule is Cc1ccc(C)c(S(=O)(=O)Nc2cc(C(=O)N3CCCN(C)CC3)ccc2N2CCNCC2)c1. The monoisotopic (exact) mass is 485 g/mol. The van der Waals surface area contributed by atoms with Gasteiger partial charge in [0.05, 0.1) is 16.3 Å². The van der Waals surface area contributed by atoms with Crippen molar-refractivity contribution in [1.29, 1.82) is 0 Å². The van der Waals surface area contributed by atoms with Crippen LogP contribution in [0.25, 0.3) is 0 Å². The Morgan fingerprint density at radius 1 is 0.941 bits per heavy atom. The normalized spacial score (nSPS) is 18.0. The zero-order valence-electron chi connectivity index (χ0n) is 20.3. The second-order valence-electron chi connectivity index (χ2n) is 9.29. The lowest BCUT2D eigenvalue weighted by Crippen LogP contribution is -2.44. The summed E-state index contributed by atoms with van der Waals surface area (Å²) >= 11 is 0. The van der Waals surface area contributed by atoms with Crippen LogP contribution in [0.5, 0.6) is 0 Å². The highest BCUT2D eigenvalue weighted by Crippen LogP contribution is 2.31.